The highest BCUT2D eigenvalue weighted by Gasteiger charge is 2.22. The molecule has 0 fully saturated rings. The summed E-state index contributed by atoms with van der Waals surface area (Å²) in [5.74, 6) is -1.17. The molecule has 0 bridgehead atoms. The molecule has 0 saturated carbocycles. The van der Waals surface area contributed by atoms with Gasteiger partial charge in [-0.2, -0.15) is 0 Å². The maximum atomic E-state index is 12.6. The Labute approximate surface area is 306 Å². The number of allylic oxidation sites excluding steroid dienone is 1. The fourth-order valence-electron chi connectivity index (χ4n) is 4.84. The fraction of sp³-hybridized carbons (Fsp3) is 0.368. The summed E-state index contributed by atoms with van der Waals surface area (Å²) in [5, 5.41) is 40.1. The van der Waals surface area contributed by atoms with Crippen molar-refractivity contribution in [1.29, 1.82) is 0 Å². The molecule has 0 aliphatic carbocycles. The number of ether oxygens (including phenoxy) is 6. The average Bonchev–Trinajstić information content (AvgIpc) is 3.12. The standard InChI is InChI=1S/C20H24O8.C18H20O6.H2O/c1-25-12-28-18-11-15(26-2)9-13-6-7-14(21)10-17(23)16(22)5-3-4-8-27-20(24)19(13)18;1-23-15-10-12-5-6-14(20)8-7-13(19)4-2-3-9-24-18(22)17(12)16(21)11-15;/h3,5-7,9,11,14,17,21,23H,4,8,10,12H2,1-2H3;2,4-6,10-11,14,20-21H,3,7-9H2,1H3;1H2/b5-3-,7-6+;4-2-,6-5+;/t14?,17-;;/m0../s1. The Hall–Kier alpha value is -5.32. The molecule has 2 unspecified atom stereocenters. The number of methoxy groups -OCH3 is 3. The number of phenolic OH excluding ortho intramolecular Hbond substituents is 1. The molecule has 0 aromatic heterocycles. The van der Waals surface area contributed by atoms with Gasteiger partial charge < -0.3 is 54.3 Å². The van der Waals surface area contributed by atoms with E-state index in [1.165, 1.54) is 76.0 Å². The molecule has 288 valence electrons. The molecule has 0 saturated heterocycles. The van der Waals surface area contributed by atoms with Crippen LogP contribution in [0.4, 0.5) is 0 Å². The maximum absolute atomic E-state index is 12.6. The van der Waals surface area contributed by atoms with E-state index >= 15 is 0 Å². The van der Waals surface area contributed by atoms with E-state index in [0.29, 0.717) is 35.5 Å². The zero-order valence-corrected chi connectivity index (χ0v) is 29.7. The number of benzene rings is 2. The highest BCUT2D eigenvalue weighted by atomic mass is 16.7. The number of hydrogen-bond acceptors (Lipinski definition) is 14. The minimum Gasteiger partial charge on any atom is -0.507 e. The first-order valence-electron chi connectivity index (χ1n) is 16.4. The molecular weight excluding hydrogens is 696 g/mol. The van der Waals surface area contributed by atoms with E-state index < -0.39 is 36.0 Å². The third-order valence-electron chi connectivity index (χ3n) is 7.54. The van der Waals surface area contributed by atoms with Crippen LogP contribution in [0.2, 0.25) is 0 Å². The Morgan fingerprint density at radius 1 is 0.736 bits per heavy atom. The number of cyclic esters (lactones) is 2. The number of esters is 2. The summed E-state index contributed by atoms with van der Waals surface area (Å²) in [6.07, 6.45) is 9.34. The highest BCUT2D eigenvalue weighted by molar-refractivity contribution is 5.98. The molecule has 2 heterocycles. The van der Waals surface area contributed by atoms with Crippen molar-refractivity contribution in [3.05, 3.63) is 83.0 Å². The van der Waals surface area contributed by atoms with E-state index in [-0.39, 0.29) is 73.2 Å². The highest BCUT2D eigenvalue weighted by Crippen LogP contribution is 2.32. The van der Waals surface area contributed by atoms with E-state index in [1.54, 1.807) is 18.2 Å². The van der Waals surface area contributed by atoms with Gasteiger partial charge >= 0.3 is 11.9 Å². The van der Waals surface area contributed by atoms with Gasteiger partial charge in [-0.05, 0) is 54.7 Å². The van der Waals surface area contributed by atoms with Crippen LogP contribution in [0.15, 0.2) is 60.7 Å². The van der Waals surface area contributed by atoms with Gasteiger partial charge in [0.1, 0.15) is 40.2 Å². The number of aromatic hydroxyl groups is 1. The number of hydrogen-bond donors (Lipinski definition) is 4. The molecular formula is C38H46O15. The first-order chi connectivity index (χ1) is 25.0. The second-order valence-corrected chi connectivity index (χ2v) is 11.4. The molecule has 4 rings (SSSR count). The number of carbonyl (C=O) groups excluding carboxylic acids is 4. The van der Waals surface area contributed by atoms with Gasteiger partial charge in [0.05, 0.1) is 39.6 Å². The lowest BCUT2D eigenvalue weighted by Crippen LogP contribution is -2.23. The van der Waals surface area contributed by atoms with E-state index in [0.717, 1.165) is 0 Å². The van der Waals surface area contributed by atoms with Crippen molar-refractivity contribution >= 4 is 35.7 Å². The Bertz CT molecular complexity index is 1670. The summed E-state index contributed by atoms with van der Waals surface area (Å²) in [4.78, 5) is 48.3. The van der Waals surface area contributed by atoms with Gasteiger partial charge in [-0.15, -0.1) is 0 Å². The lowest BCUT2D eigenvalue weighted by Gasteiger charge is -2.16. The summed E-state index contributed by atoms with van der Waals surface area (Å²) < 4.78 is 31.1. The smallest absolute Gasteiger partial charge is 0.342 e. The van der Waals surface area contributed by atoms with Crippen LogP contribution < -0.4 is 14.2 Å². The molecule has 2 aromatic rings. The number of ketones is 2. The van der Waals surface area contributed by atoms with Gasteiger partial charge in [-0.1, -0.05) is 36.5 Å². The topological polar surface area (TPSA) is 236 Å². The summed E-state index contributed by atoms with van der Waals surface area (Å²) in [6, 6.07) is 6.02. The predicted molar refractivity (Wildman–Crippen MR) is 192 cm³/mol. The van der Waals surface area contributed by atoms with Crippen molar-refractivity contribution in [2.24, 2.45) is 0 Å². The summed E-state index contributed by atoms with van der Waals surface area (Å²) in [5.41, 5.74) is 0.924. The van der Waals surface area contributed by atoms with E-state index in [1.807, 2.05) is 0 Å². The number of aliphatic hydroxyl groups excluding tert-OH is 3. The van der Waals surface area contributed by atoms with E-state index in [2.05, 4.69) is 0 Å². The fourth-order valence-corrected chi connectivity index (χ4v) is 4.84. The SMILES string of the molecule is COCOc1cc(OC)cc2c1C(=O)OCC/C=C\C(=O)[C@@H](O)CC(O)/C=C/2.COc1cc(O)c2c(c1)/C=C/C(O)CCC(=O)/C=C\CCOC2=O.O. The van der Waals surface area contributed by atoms with Gasteiger partial charge in [0.15, 0.2) is 18.4 Å². The molecule has 15 heteroatoms. The van der Waals surface area contributed by atoms with Crippen LogP contribution in [0.5, 0.6) is 23.0 Å². The third kappa shape index (κ3) is 14.0. The zero-order chi connectivity index (χ0) is 38.0. The summed E-state index contributed by atoms with van der Waals surface area (Å²) in [7, 11) is 4.36. The molecule has 15 nitrogen and oxygen atoms in total. The van der Waals surface area contributed by atoms with Crippen LogP contribution in [0.1, 0.15) is 63.9 Å². The first-order valence-corrected chi connectivity index (χ1v) is 16.4. The minimum atomic E-state index is -1.33. The minimum absolute atomic E-state index is 0. The van der Waals surface area contributed by atoms with Crippen molar-refractivity contribution in [2.75, 3.05) is 41.3 Å². The first kappa shape index (κ1) is 43.8. The van der Waals surface area contributed by atoms with Crippen molar-refractivity contribution < 1.29 is 73.5 Å². The Balaban J connectivity index is 0.000000364. The number of rotatable bonds is 5. The molecule has 3 atom stereocenters. The van der Waals surface area contributed by atoms with Crippen LogP contribution in [0, 0.1) is 0 Å². The largest absolute Gasteiger partial charge is 0.507 e. The molecule has 53 heavy (non-hydrogen) atoms. The quantitative estimate of drug-likeness (QED) is 0.255. The average molecular weight is 743 g/mol. The van der Waals surface area contributed by atoms with Crippen LogP contribution in [0.25, 0.3) is 12.2 Å². The van der Waals surface area contributed by atoms with Crippen molar-refractivity contribution in [1.82, 2.24) is 0 Å². The molecule has 2 aliphatic rings. The number of carbonyl (C=O) groups is 4. The second-order valence-electron chi connectivity index (χ2n) is 11.4. The summed E-state index contributed by atoms with van der Waals surface area (Å²) in [6.45, 7) is 0.0519. The molecule has 2 aromatic carbocycles. The van der Waals surface area contributed by atoms with Gasteiger partial charge in [0.2, 0.25) is 0 Å². The Morgan fingerprint density at radius 3 is 1.92 bits per heavy atom. The van der Waals surface area contributed by atoms with Gasteiger partial charge in [0, 0.05) is 32.1 Å². The summed E-state index contributed by atoms with van der Waals surface area (Å²) >= 11 is 0. The van der Waals surface area contributed by atoms with Gasteiger partial charge in [0.25, 0.3) is 0 Å². The lowest BCUT2D eigenvalue weighted by atomic mass is 10.0. The molecule has 0 radical (unpaired) electrons. The maximum Gasteiger partial charge on any atom is 0.342 e. The monoisotopic (exact) mass is 742 g/mol. The van der Waals surface area contributed by atoms with Gasteiger partial charge in [-0.3, -0.25) is 9.59 Å². The van der Waals surface area contributed by atoms with Crippen LogP contribution in [-0.2, 0) is 23.8 Å². The third-order valence-corrected chi connectivity index (χ3v) is 7.54. The Kier molecular flexibility index (Phi) is 18.7. The van der Waals surface area contributed by atoms with Gasteiger partial charge in [-0.25, -0.2) is 9.59 Å². The molecule has 6 N–H and O–H groups in total. The van der Waals surface area contributed by atoms with E-state index in [9.17, 15) is 39.6 Å². The number of fused-ring (bicyclic) bond motifs is 2. The molecule has 0 amide bonds. The lowest BCUT2D eigenvalue weighted by molar-refractivity contribution is -0.123. The second kappa shape index (κ2) is 22.6. The molecule has 0 spiro atoms. The Morgan fingerprint density at radius 2 is 1.30 bits per heavy atom. The number of aliphatic hydroxyl groups is 3. The van der Waals surface area contributed by atoms with Crippen LogP contribution in [0.3, 0.4) is 0 Å². The van der Waals surface area contributed by atoms with Crippen LogP contribution in [-0.4, -0.2) is 109 Å². The predicted octanol–water partition coefficient (Wildman–Crippen LogP) is 2.91. The normalized spacial score (nSPS) is 22.2. The number of phenols is 1. The zero-order valence-electron chi connectivity index (χ0n) is 29.7. The van der Waals surface area contributed by atoms with Crippen molar-refractivity contribution in [2.45, 2.75) is 50.4 Å². The van der Waals surface area contributed by atoms with Crippen LogP contribution >= 0.6 is 0 Å². The molecule has 2 aliphatic heterocycles. The van der Waals surface area contributed by atoms with Crippen molar-refractivity contribution in [3.8, 4) is 23.0 Å². The van der Waals surface area contributed by atoms with Crippen molar-refractivity contribution in [3.63, 3.8) is 0 Å². The van der Waals surface area contributed by atoms with E-state index in [4.69, 9.17) is 28.4 Å².